The highest BCUT2D eigenvalue weighted by Crippen LogP contribution is 2.55. The van der Waals surface area contributed by atoms with Crippen LogP contribution in [0.2, 0.25) is 0 Å². The molecule has 0 aliphatic carbocycles. The van der Waals surface area contributed by atoms with Gasteiger partial charge in [-0.25, -0.2) is 0 Å². The van der Waals surface area contributed by atoms with Crippen molar-refractivity contribution in [2.45, 2.75) is 30.8 Å². The third kappa shape index (κ3) is 3.35. The Morgan fingerprint density at radius 1 is 1.07 bits per heavy atom. The molecule has 0 saturated heterocycles. The van der Waals surface area contributed by atoms with Crippen LogP contribution < -0.4 is 0 Å². The van der Waals surface area contributed by atoms with Crippen LogP contribution in [0.5, 0.6) is 0 Å². The summed E-state index contributed by atoms with van der Waals surface area (Å²) in [5, 5.41) is 23.6. The second-order valence-electron chi connectivity index (χ2n) is 3.00. The van der Waals surface area contributed by atoms with E-state index in [1.54, 1.807) is 18.2 Å². The minimum Gasteiger partial charge on any atom is -0.323 e. The number of nitrogens with zero attached hydrogens (tertiary/aromatic N) is 3. The van der Waals surface area contributed by atoms with Gasteiger partial charge in [-0.3, -0.25) is 4.57 Å². The van der Waals surface area contributed by atoms with Crippen molar-refractivity contribution < 1.29 is 14.4 Å². The molecule has 0 atom stereocenters. The van der Waals surface area contributed by atoms with Gasteiger partial charge in [-0.15, -0.1) is 0 Å². The highest BCUT2D eigenvalue weighted by atomic mass is 31.2. The Morgan fingerprint density at radius 2 is 1.47 bits per heavy atom. The van der Waals surface area contributed by atoms with Crippen molar-refractivity contribution in [3.8, 4) is 18.2 Å². The molecule has 0 aliphatic rings. The molecule has 0 bridgehead atoms. The predicted octanol–water partition coefficient (Wildman–Crippen LogP) is 1.03. The lowest BCUT2D eigenvalue weighted by atomic mass is 9.99. The van der Waals surface area contributed by atoms with E-state index in [0.29, 0.717) is 0 Å². The van der Waals surface area contributed by atoms with Crippen LogP contribution in [-0.4, -0.2) is 14.9 Å². The third-order valence-electron chi connectivity index (χ3n) is 2.07. The largest absolute Gasteiger partial charge is 0.345 e. The molecule has 15 heavy (non-hydrogen) atoms. The Kier molecular flexibility index (Phi) is 4.98. The van der Waals surface area contributed by atoms with E-state index < -0.39 is 12.8 Å². The fourth-order valence-electron chi connectivity index (χ4n) is 1.12. The fraction of sp³-hybridized carbons (Fsp3) is 0.625. The molecule has 0 saturated carbocycles. The average molecular weight is 227 g/mol. The first-order valence-corrected chi connectivity index (χ1v) is 5.75. The van der Waals surface area contributed by atoms with Crippen LogP contribution in [0.25, 0.3) is 0 Å². The van der Waals surface area contributed by atoms with Crippen LogP contribution in [-0.2, 0) is 4.57 Å². The minimum absolute atomic E-state index is 0.121. The maximum atomic E-state index is 11.1. The van der Waals surface area contributed by atoms with Gasteiger partial charge in [0.1, 0.15) is 0 Å². The molecule has 0 rings (SSSR count). The Morgan fingerprint density at radius 3 is 1.67 bits per heavy atom. The molecule has 0 aromatic carbocycles. The molecule has 0 aromatic rings. The predicted molar refractivity (Wildman–Crippen MR) is 50.1 cm³/mol. The third-order valence-corrected chi connectivity index (χ3v) is 3.73. The van der Waals surface area contributed by atoms with Gasteiger partial charge in [-0.1, -0.05) is 0 Å². The molecule has 80 valence electrons. The summed E-state index contributed by atoms with van der Waals surface area (Å²) in [5.41, 5.74) is 0. The van der Waals surface area contributed by atoms with Gasteiger partial charge in [0.2, 0.25) is 0 Å². The highest BCUT2D eigenvalue weighted by molar-refractivity contribution is 7.54. The number of rotatable bonds is 5. The summed E-state index contributed by atoms with van der Waals surface area (Å²) in [6.45, 7) is 0. The van der Waals surface area contributed by atoms with E-state index in [1.165, 1.54) is 0 Å². The summed E-state index contributed by atoms with van der Waals surface area (Å²) in [6, 6.07) is 5.02. The lowest BCUT2D eigenvalue weighted by Gasteiger charge is -2.25. The lowest BCUT2D eigenvalue weighted by Crippen LogP contribution is -2.26. The molecule has 6 nitrogen and oxygen atoms in total. The average Bonchev–Trinajstić information content (AvgIpc) is 2.17. The number of hydrogen-bond donors (Lipinski definition) is 2. The Hall–Kier alpha value is -1.38. The molecular weight excluding hydrogens is 217 g/mol. The zero-order valence-corrected chi connectivity index (χ0v) is 8.81. The number of hydrogen-bond acceptors (Lipinski definition) is 4. The fourth-order valence-corrected chi connectivity index (χ4v) is 2.06. The number of nitriles is 3. The molecule has 0 heterocycles. The lowest BCUT2D eigenvalue weighted by molar-refractivity contribution is 0.332. The zero-order valence-electron chi connectivity index (χ0n) is 7.92. The van der Waals surface area contributed by atoms with Gasteiger partial charge >= 0.3 is 7.60 Å². The van der Waals surface area contributed by atoms with Gasteiger partial charge in [0.15, 0.2) is 5.16 Å². The summed E-state index contributed by atoms with van der Waals surface area (Å²) in [4.78, 5) is 18.1. The normalized spacial score (nSPS) is 11.1. The van der Waals surface area contributed by atoms with Gasteiger partial charge in [0.25, 0.3) is 0 Å². The van der Waals surface area contributed by atoms with Crippen LogP contribution in [0.1, 0.15) is 25.7 Å². The molecule has 0 amide bonds. The molecular formula is C8H10N3O3P. The Bertz CT molecular complexity index is 363. The Labute approximate surface area is 87.5 Å². The van der Waals surface area contributed by atoms with Crippen LogP contribution in [0, 0.1) is 34.0 Å². The van der Waals surface area contributed by atoms with Crippen molar-refractivity contribution in [2.24, 2.45) is 0 Å². The molecule has 0 unspecified atom stereocenters. The van der Waals surface area contributed by atoms with Gasteiger partial charge in [0, 0.05) is 12.8 Å². The molecule has 0 aromatic heterocycles. The summed E-state index contributed by atoms with van der Waals surface area (Å²) in [7, 11) is -4.63. The van der Waals surface area contributed by atoms with Gasteiger partial charge in [-0.05, 0) is 12.8 Å². The highest BCUT2D eigenvalue weighted by Gasteiger charge is 2.46. The van der Waals surface area contributed by atoms with Gasteiger partial charge < -0.3 is 9.79 Å². The van der Waals surface area contributed by atoms with Crippen LogP contribution >= 0.6 is 7.60 Å². The monoisotopic (exact) mass is 227 g/mol. The van der Waals surface area contributed by atoms with Gasteiger partial charge in [-0.2, -0.15) is 15.8 Å². The molecule has 0 radical (unpaired) electrons. The van der Waals surface area contributed by atoms with Crippen molar-refractivity contribution in [3.05, 3.63) is 0 Å². The van der Waals surface area contributed by atoms with Crippen molar-refractivity contribution in [1.82, 2.24) is 0 Å². The first kappa shape index (κ1) is 13.6. The van der Waals surface area contributed by atoms with E-state index in [1.807, 2.05) is 0 Å². The topological polar surface area (TPSA) is 129 Å². The Balaban J connectivity index is 4.99. The second-order valence-corrected chi connectivity index (χ2v) is 4.95. The van der Waals surface area contributed by atoms with Gasteiger partial charge in [0.05, 0.1) is 18.2 Å². The molecule has 2 N–H and O–H groups in total. The van der Waals surface area contributed by atoms with E-state index >= 15 is 0 Å². The van der Waals surface area contributed by atoms with E-state index in [-0.39, 0.29) is 25.7 Å². The maximum absolute atomic E-state index is 11.1. The molecule has 7 heteroatoms. The van der Waals surface area contributed by atoms with Crippen LogP contribution in [0.4, 0.5) is 0 Å². The first-order chi connectivity index (χ1) is 6.93. The second kappa shape index (κ2) is 5.49. The molecule has 0 spiro atoms. The molecule has 0 aliphatic heterocycles. The van der Waals surface area contributed by atoms with E-state index in [4.69, 9.17) is 25.6 Å². The van der Waals surface area contributed by atoms with E-state index in [9.17, 15) is 4.57 Å². The standard InChI is InChI=1S/C8H10N3O3P/c9-5-1-3-8(7-11,4-2-6-10)15(12,13)14/h1-4H2,(H2,12,13,14). The summed E-state index contributed by atoms with van der Waals surface area (Å²) < 4.78 is 11.1. The first-order valence-electron chi connectivity index (χ1n) is 4.14. The van der Waals surface area contributed by atoms with Crippen molar-refractivity contribution in [2.75, 3.05) is 0 Å². The molecule has 0 fully saturated rings. The van der Waals surface area contributed by atoms with Crippen molar-refractivity contribution in [3.63, 3.8) is 0 Å². The maximum Gasteiger partial charge on any atom is 0.345 e. The van der Waals surface area contributed by atoms with Crippen LogP contribution in [0.3, 0.4) is 0 Å². The van der Waals surface area contributed by atoms with E-state index in [0.717, 1.165) is 0 Å². The zero-order chi connectivity index (χ0) is 11.9. The summed E-state index contributed by atoms with van der Waals surface area (Å²) in [5.74, 6) is 0. The SMILES string of the molecule is N#CCCC(C#N)(CCC#N)P(=O)(O)O. The summed E-state index contributed by atoms with van der Waals surface area (Å²) in [6.07, 6.45) is -0.674. The van der Waals surface area contributed by atoms with E-state index in [2.05, 4.69) is 0 Å². The smallest absolute Gasteiger partial charge is 0.323 e. The summed E-state index contributed by atoms with van der Waals surface area (Å²) >= 11 is 0. The quantitative estimate of drug-likeness (QED) is 0.674. The van der Waals surface area contributed by atoms with Crippen LogP contribution in [0.15, 0.2) is 0 Å². The van der Waals surface area contributed by atoms with Crippen molar-refractivity contribution >= 4 is 7.60 Å². The van der Waals surface area contributed by atoms with Crippen molar-refractivity contribution in [1.29, 1.82) is 15.8 Å². The minimum atomic E-state index is -4.63.